The smallest absolute Gasteiger partial charge is 0.303 e. The average Bonchev–Trinajstić information content (AvgIpc) is 3.20. The molecule has 28 heavy (non-hydrogen) atoms. The highest BCUT2D eigenvalue weighted by Gasteiger charge is 2.46. The number of rotatable bonds is 9. The van der Waals surface area contributed by atoms with Gasteiger partial charge in [0.2, 0.25) is 10.0 Å². The van der Waals surface area contributed by atoms with Crippen LogP contribution in [0.4, 0.5) is 4.39 Å². The number of unbranched alkanes of at least 4 members (excludes halogenated alkanes) is 1. The van der Waals surface area contributed by atoms with Crippen molar-refractivity contribution in [2.75, 3.05) is 6.54 Å². The minimum Gasteiger partial charge on any atom is -0.481 e. The van der Waals surface area contributed by atoms with Crippen molar-refractivity contribution in [3.8, 4) is 0 Å². The van der Waals surface area contributed by atoms with Crippen LogP contribution in [-0.4, -0.2) is 26.0 Å². The minimum absolute atomic E-state index is 0.156. The summed E-state index contributed by atoms with van der Waals surface area (Å²) < 4.78 is 42.3. The summed E-state index contributed by atoms with van der Waals surface area (Å²) in [6, 6.07) is 3.93. The van der Waals surface area contributed by atoms with Crippen molar-refractivity contribution in [3.05, 3.63) is 40.6 Å². The van der Waals surface area contributed by atoms with E-state index in [9.17, 15) is 17.6 Å². The Morgan fingerprint density at radius 2 is 2.07 bits per heavy atom. The monoisotopic (exact) mass is 473 g/mol. The lowest BCUT2D eigenvalue weighted by Gasteiger charge is -2.29. The van der Waals surface area contributed by atoms with Crippen LogP contribution in [0.25, 0.3) is 0 Å². The van der Waals surface area contributed by atoms with E-state index in [0.29, 0.717) is 41.6 Å². The molecule has 4 atom stereocenters. The Kier molecular flexibility index (Phi) is 6.94. The molecule has 0 heterocycles. The van der Waals surface area contributed by atoms with Gasteiger partial charge in [0.05, 0.1) is 0 Å². The molecule has 2 N–H and O–H groups in total. The first-order valence-electron chi connectivity index (χ1n) is 9.61. The van der Waals surface area contributed by atoms with Crippen molar-refractivity contribution in [2.45, 2.75) is 43.4 Å². The summed E-state index contributed by atoms with van der Waals surface area (Å²) in [4.78, 5) is 10.3. The quantitative estimate of drug-likeness (QED) is 0.412. The van der Waals surface area contributed by atoms with E-state index in [1.807, 2.05) is 6.08 Å². The summed E-state index contributed by atoms with van der Waals surface area (Å²) in [6.07, 6.45) is 9.00. The van der Waals surface area contributed by atoms with Gasteiger partial charge in [-0.2, -0.15) is 0 Å². The standard InChI is InChI=1S/C20H25BrFNO4S/c21-15-8-9-19(18(22)11-15)28(26,27)23-12-17-14-7-6-13(10-14)16(17)4-2-1-3-5-20(24)25/h2,4,8-9,11,13-14,16-17,23H,1,3,5-7,10,12H2,(H,24,25)/b4-2-. The summed E-state index contributed by atoms with van der Waals surface area (Å²) in [5, 5.41) is 8.71. The predicted molar refractivity (Wildman–Crippen MR) is 108 cm³/mol. The highest BCUT2D eigenvalue weighted by molar-refractivity contribution is 9.10. The molecule has 1 aromatic carbocycles. The van der Waals surface area contributed by atoms with Crippen LogP contribution >= 0.6 is 15.9 Å². The highest BCUT2D eigenvalue weighted by atomic mass is 79.9. The number of carboxylic acids is 1. The molecule has 0 saturated heterocycles. The molecule has 2 aliphatic rings. The summed E-state index contributed by atoms with van der Waals surface area (Å²) in [5.74, 6) is -0.0370. The number of halogens is 2. The maximum atomic E-state index is 14.1. The molecule has 4 unspecified atom stereocenters. The van der Waals surface area contributed by atoms with Crippen molar-refractivity contribution in [1.82, 2.24) is 4.72 Å². The number of sulfonamides is 1. The Morgan fingerprint density at radius 3 is 2.79 bits per heavy atom. The third kappa shape index (κ3) is 5.02. The molecule has 0 spiro atoms. The van der Waals surface area contributed by atoms with E-state index in [1.54, 1.807) is 0 Å². The number of carboxylic acid groups (broad SMARTS) is 1. The average molecular weight is 474 g/mol. The van der Waals surface area contributed by atoms with E-state index in [-0.39, 0.29) is 17.2 Å². The van der Waals surface area contributed by atoms with Gasteiger partial charge in [-0.1, -0.05) is 28.1 Å². The first-order chi connectivity index (χ1) is 13.3. The van der Waals surface area contributed by atoms with Crippen LogP contribution in [0.3, 0.4) is 0 Å². The third-order valence-electron chi connectivity index (χ3n) is 5.97. The van der Waals surface area contributed by atoms with Crippen molar-refractivity contribution in [3.63, 3.8) is 0 Å². The normalized spacial score (nSPS) is 26.9. The van der Waals surface area contributed by atoms with Gasteiger partial charge in [-0.15, -0.1) is 0 Å². The van der Waals surface area contributed by atoms with Gasteiger partial charge >= 0.3 is 5.97 Å². The number of carbonyl (C=O) groups is 1. The van der Waals surface area contributed by atoms with E-state index < -0.39 is 21.8 Å². The van der Waals surface area contributed by atoms with Gasteiger partial charge in [-0.25, -0.2) is 17.5 Å². The number of aliphatic carboxylic acids is 1. The van der Waals surface area contributed by atoms with Crippen LogP contribution in [0.1, 0.15) is 38.5 Å². The molecule has 8 heteroatoms. The maximum absolute atomic E-state index is 14.1. The van der Waals surface area contributed by atoms with Gasteiger partial charge in [-0.3, -0.25) is 4.79 Å². The summed E-state index contributed by atoms with van der Waals surface area (Å²) in [7, 11) is -3.91. The molecule has 1 aromatic rings. The largest absolute Gasteiger partial charge is 0.481 e. The number of fused-ring (bicyclic) bond motifs is 2. The zero-order valence-corrected chi connectivity index (χ0v) is 17.9. The summed E-state index contributed by atoms with van der Waals surface area (Å²) in [6.45, 7) is 0.295. The number of hydrogen-bond donors (Lipinski definition) is 2. The van der Waals surface area contributed by atoms with Gasteiger partial charge in [-0.05, 0) is 74.0 Å². The van der Waals surface area contributed by atoms with Crippen LogP contribution in [0.2, 0.25) is 0 Å². The van der Waals surface area contributed by atoms with Crippen LogP contribution in [-0.2, 0) is 14.8 Å². The first kappa shape index (κ1) is 21.5. The predicted octanol–water partition coefficient (Wildman–Crippen LogP) is 4.34. The molecule has 0 aliphatic heterocycles. The van der Waals surface area contributed by atoms with Gasteiger partial charge in [0.25, 0.3) is 0 Å². The number of benzene rings is 1. The number of hydrogen-bond acceptors (Lipinski definition) is 3. The van der Waals surface area contributed by atoms with Crippen molar-refractivity contribution in [1.29, 1.82) is 0 Å². The van der Waals surface area contributed by atoms with E-state index in [4.69, 9.17) is 5.11 Å². The Balaban J connectivity index is 1.63. The van der Waals surface area contributed by atoms with E-state index in [1.165, 1.54) is 12.1 Å². The second kappa shape index (κ2) is 9.05. The molecule has 154 valence electrons. The van der Waals surface area contributed by atoms with Crippen molar-refractivity contribution < 1.29 is 22.7 Å². The lowest BCUT2D eigenvalue weighted by Crippen LogP contribution is -2.35. The summed E-state index contributed by atoms with van der Waals surface area (Å²) in [5.41, 5.74) is 0. The zero-order valence-electron chi connectivity index (χ0n) is 15.5. The molecule has 0 amide bonds. The molecule has 2 aliphatic carbocycles. The molecule has 2 fully saturated rings. The Morgan fingerprint density at radius 1 is 1.32 bits per heavy atom. The van der Waals surface area contributed by atoms with E-state index in [0.717, 1.165) is 25.3 Å². The fourth-order valence-electron chi connectivity index (χ4n) is 4.66. The molecule has 0 radical (unpaired) electrons. The Hall–Kier alpha value is -1.25. The Labute approximate surface area is 173 Å². The molecule has 2 bridgehead atoms. The summed E-state index contributed by atoms with van der Waals surface area (Å²) >= 11 is 3.13. The highest BCUT2D eigenvalue weighted by Crippen LogP contribution is 2.52. The number of nitrogens with one attached hydrogen (secondary N) is 1. The van der Waals surface area contributed by atoms with Crippen molar-refractivity contribution in [2.24, 2.45) is 23.7 Å². The molecule has 3 rings (SSSR count). The molecule has 0 aromatic heterocycles. The second-order valence-corrected chi connectivity index (χ2v) is 10.4. The van der Waals surface area contributed by atoms with Crippen LogP contribution < -0.4 is 4.72 Å². The fraction of sp³-hybridized carbons (Fsp3) is 0.550. The Bertz CT molecular complexity index is 858. The van der Waals surface area contributed by atoms with Crippen molar-refractivity contribution >= 4 is 31.9 Å². The lowest BCUT2D eigenvalue weighted by molar-refractivity contribution is -0.137. The SMILES string of the molecule is O=C(O)CCC/C=C\C1C2CCC(C2)C1CNS(=O)(=O)c1ccc(Br)cc1F. The number of allylic oxidation sites excluding steroid dienone is 2. The van der Waals surface area contributed by atoms with E-state index >= 15 is 0 Å². The minimum atomic E-state index is -3.91. The van der Waals surface area contributed by atoms with Gasteiger partial charge in [0.1, 0.15) is 10.7 Å². The first-order valence-corrected chi connectivity index (χ1v) is 11.9. The maximum Gasteiger partial charge on any atom is 0.303 e. The molecular weight excluding hydrogens is 449 g/mol. The second-order valence-electron chi connectivity index (χ2n) is 7.72. The molecule has 2 saturated carbocycles. The fourth-order valence-corrected chi connectivity index (χ4v) is 6.12. The van der Waals surface area contributed by atoms with E-state index in [2.05, 4.69) is 26.7 Å². The van der Waals surface area contributed by atoms with Gasteiger partial charge in [0.15, 0.2) is 0 Å². The molecule has 5 nitrogen and oxygen atoms in total. The van der Waals surface area contributed by atoms with Crippen LogP contribution in [0, 0.1) is 29.5 Å². The lowest BCUT2D eigenvalue weighted by atomic mass is 9.79. The molecular formula is C20H25BrFNO4S. The zero-order chi connectivity index (χ0) is 20.3. The van der Waals surface area contributed by atoms with Gasteiger partial charge in [0, 0.05) is 17.4 Å². The van der Waals surface area contributed by atoms with Crippen LogP contribution in [0.15, 0.2) is 39.7 Å². The van der Waals surface area contributed by atoms with Gasteiger partial charge < -0.3 is 5.11 Å². The van der Waals surface area contributed by atoms with Crippen LogP contribution in [0.5, 0.6) is 0 Å². The third-order valence-corrected chi connectivity index (χ3v) is 7.92. The topological polar surface area (TPSA) is 83.5 Å².